The number of hydrogen-bond acceptors (Lipinski definition) is 7. The maximum Gasteiger partial charge on any atom is 0.338 e. The largest absolute Gasteiger partial charge is 0.454 e. The number of rotatable bonds is 4. The molecule has 10 heteroatoms. The minimum Gasteiger partial charge on any atom is -0.454 e. The van der Waals surface area contributed by atoms with Crippen molar-refractivity contribution in [2.45, 2.75) is 25.9 Å². The third-order valence-corrected chi connectivity index (χ3v) is 7.69. The van der Waals surface area contributed by atoms with Crippen LogP contribution in [0.1, 0.15) is 53.8 Å². The van der Waals surface area contributed by atoms with Crippen LogP contribution in [0.2, 0.25) is 5.02 Å². The number of nitrogens with zero attached hydrogens (tertiary/aromatic N) is 2. The van der Waals surface area contributed by atoms with Gasteiger partial charge in [-0.2, -0.15) is 0 Å². The Kier molecular flexibility index (Phi) is 5.05. The number of carbonyl (C=O) groups excluding carboxylic acids is 3. The van der Waals surface area contributed by atoms with E-state index in [9.17, 15) is 19.2 Å². The van der Waals surface area contributed by atoms with Gasteiger partial charge in [0.25, 0.3) is 17.4 Å². The van der Waals surface area contributed by atoms with Crippen molar-refractivity contribution in [3.8, 4) is 0 Å². The van der Waals surface area contributed by atoms with Gasteiger partial charge in [0.05, 0.1) is 32.8 Å². The molecule has 0 saturated carbocycles. The number of aryl methyl sites for hydroxylation is 2. The lowest BCUT2D eigenvalue weighted by Crippen LogP contribution is -2.29. The number of fused-ring (bicyclic) bond motifs is 4. The van der Waals surface area contributed by atoms with Gasteiger partial charge < -0.3 is 9.72 Å². The topological polar surface area (TPSA) is 109 Å². The molecule has 3 heterocycles. The number of nitrogens with one attached hydrogen (secondary N) is 1. The molecule has 0 radical (unpaired) electrons. The number of aromatic nitrogens is 2. The molecule has 1 aliphatic heterocycles. The van der Waals surface area contributed by atoms with E-state index in [-0.39, 0.29) is 45.4 Å². The van der Waals surface area contributed by atoms with Crippen molar-refractivity contribution in [3.05, 3.63) is 90.8 Å². The molecule has 0 saturated heterocycles. The molecule has 2 aliphatic rings. The lowest BCUT2D eigenvalue weighted by Gasteiger charge is -2.15. The summed E-state index contributed by atoms with van der Waals surface area (Å²) in [5.41, 5.74) is 1.48. The summed E-state index contributed by atoms with van der Waals surface area (Å²) in [7, 11) is 0. The summed E-state index contributed by atoms with van der Waals surface area (Å²) in [6.07, 6.45) is 2.87. The molecule has 6 rings (SSSR count). The average Bonchev–Trinajstić information content (AvgIpc) is 3.50. The number of hydrogen-bond donors (Lipinski definition) is 1. The number of carbonyl (C=O) groups is 3. The van der Waals surface area contributed by atoms with E-state index in [0.717, 1.165) is 29.7 Å². The van der Waals surface area contributed by atoms with E-state index >= 15 is 0 Å². The Morgan fingerprint density at radius 1 is 1.09 bits per heavy atom. The Labute approximate surface area is 207 Å². The number of imide groups is 1. The predicted molar refractivity (Wildman–Crippen MR) is 130 cm³/mol. The molecule has 8 nitrogen and oxygen atoms in total. The summed E-state index contributed by atoms with van der Waals surface area (Å²) < 4.78 is 5.35. The van der Waals surface area contributed by atoms with Crippen LogP contribution in [-0.4, -0.2) is 27.8 Å². The van der Waals surface area contributed by atoms with Crippen LogP contribution in [0.25, 0.3) is 10.2 Å². The van der Waals surface area contributed by atoms with Crippen LogP contribution in [0.15, 0.2) is 47.3 Å². The number of para-hydroxylation sites is 1. The lowest BCUT2D eigenvalue weighted by molar-refractivity contribution is 0.0462. The van der Waals surface area contributed by atoms with Gasteiger partial charge in [0.2, 0.25) is 0 Å². The number of halogens is 1. The number of amides is 2. The van der Waals surface area contributed by atoms with Gasteiger partial charge in [0.1, 0.15) is 17.3 Å². The zero-order chi connectivity index (χ0) is 24.3. The standard InChI is InChI=1S/C25H16ClN3O5S/c26-16-5-1-2-6-17(16)29-23(31)13-9-8-12(10-15(13)24(29)32)25(33)34-11-19-27-21(30)20-14-4-3-7-18(14)35-22(20)28-19/h1-2,5-6,8-10H,3-4,7,11H2,(H,27,28,30). The number of esters is 1. The van der Waals surface area contributed by atoms with E-state index in [2.05, 4.69) is 9.97 Å². The molecule has 4 aromatic rings. The number of thiophene rings is 1. The minimum atomic E-state index is -0.708. The maximum atomic E-state index is 13.0. The molecular weight excluding hydrogens is 490 g/mol. The van der Waals surface area contributed by atoms with Crippen molar-refractivity contribution >= 4 is 56.6 Å². The molecule has 0 spiro atoms. The van der Waals surface area contributed by atoms with E-state index in [0.29, 0.717) is 10.2 Å². The van der Waals surface area contributed by atoms with Crippen LogP contribution in [-0.2, 0) is 24.2 Å². The van der Waals surface area contributed by atoms with Crippen molar-refractivity contribution in [1.29, 1.82) is 0 Å². The number of anilines is 1. The van der Waals surface area contributed by atoms with Gasteiger partial charge in [-0.05, 0) is 55.2 Å². The van der Waals surface area contributed by atoms with Crippen LogP contribution < -0.4 is 10.5 Å². The van der Waals surface area contributed by atoms with Crippen molar-refractivity contribution in [2.24, 2.45) is 0 Å². The molecule has 0 fully saturated rings. The number of ether oxygens (including phenoxy) is 1. The van der Waals surface area contributed by atoms with E-state index in [1.807, 2.05) is 0 Å². The fraction of sp³-hybridized carbons (Fsp3) is 0.160. The zero-order valence-electron chi connectivity index (χ0n) is 18.1. The SMILES string of the molecule is O=C(OCc1nc2sc3c(c2c(=O)[nH]1)CCC3)c1ccc2c(c1)C(=O)N(c1ccccc1Cl)C2=O. The predicted octanol–water partition coefficient (Wildman–Crippen LogP) is 4.28. The van der Waals surface area contributed by atoms with Crippen molar-refractivity contribution in [1.82, 2.24) is 9.97 Å². The third kappa shape index (κ3) is 3.46. The third-order valence-electron chi connectivity index (χ3n) is 6.18. The Morgan fingerprint density at radius 3 is 2.71 bits per heavy atom. The lowest BCUT2D eigenvalue weighted by atomic mass is 10.1. The van der Waals surface area contributed by atoms with Gasteiger partial charge in [0, 0.05) is 4.88 Å². The van der Waals surface area contributed by atoms with E-state index in [1.54, 1.807) is 24.3 Å². The number of H-pyrrole nitrogens is 1. The van der Waals surface area contributed by atoms with E-state index in [1.165, 1.54) is 34.4 Å². The minimum absolute atomic E-state index is 0.0884. The molecule has 0 atom stereocenters. The second-order valence-corrected chi connectivity index (χ2v) is 9.77. The molecular formula is C25H16ClN3O5S. The summed E-state index contributed by atoms with van der Waals surface area (Å²) in [5.74, 6) is -1.56. The van der Waals surface area contributed by atoms with Gasteiger partial charge in [-0.15, -0.1) is 11.3 Å². The molecule has 174 valence electrons. The first-order valence-corrected chi connectivity index (χ1v) is 12.1. The molecule has 0 bridgehead atoms. The summed E-state index contributed by atoms with van der Waals surface area (Å²) in [4.78, 5) is 61.1. The highest BCUT2D eigenvalue weighted by Crippen LogP contribution is 2.35. The Bertz CT molecular complexity index is 1640. The molecule has 0 unspecified atom stereocenters. The number of benzene rings is 2. The first-order chi connectivity index (χ1) is 16.9. The first-order valence-electron chi connectivity index (χ1n) is 10.9. The quantitative estimate of drug-likeness (QED) is 0.327. The summed E-state index contributed by atoms with van der Waals surface area (Å²) in [5, 5.41) is 0.888. The summed E-state index contributed by atoms with van der Waals surface area (Å²) >= 11 is 7.68. The highest BCUT2D eigenvalue weighted by molar-refractivity contribution is 7.18. The van der Waals surface area contributed by atoms with Gasteiger partial charge >= 0.3 is 5.97 Å². The van der Waals surface area contributed by atoms with Gasteiger partial charge in [-0.3, -0.25) is 14.4 Å². The van der Waals surface area contributed by atoms with Crippen LogP contribution in [0.3, 0.4) is 0 Å². The Balaban J connectivity index is 1.23. The van der Waals surface area contributed by atoms with Crippen LogP contribution in [0, 0.1) is 0 Å². The maximum absolute atomic E-state index is 13.0. The highest BCUT2D eigenvalue weighted by atomic mass is 35.5. The fourth-order valence-electron chi connectivity index (χ4n) is 4.55. The fourth-order valence-corrected chi connectivity index (χ4v) is 6.05. The molecule has 2 aromatic heterocycles. The Hall–Kier alpha value is -3.82. The second kappa shape index (κ2) is 8.14. The number of aromatic amines is 1. The highest BCUT2D eigenvalue weighted by Gasteiger charge is 2.38. The van der Waals surface area contributed by atoms with Crippen LogP contribution in [0.5, 0.6) is 0 Å². The molecule has 35 heavy (non-hydrogen) atoms. The van der Waals surface area contributed by atoms with Crippen LogP contribution in [0.4, 0.5) is 5.69 Å². The van der Waals surface area contributed by atoms with Crippen molar-refractivity contribution in [3.63, 3.8) is 0 Å². The molecule has 2 aromatic carbocycles. The normalized spacial score (nSPS) is 14.5. The molecule has 2 amide bonds. The second-order valence-electron chi connectivity index (χ2n) is 8.28. The summed E-state index contributed by atoms with van der Waals surface area (Å²) in [6, 6.07) is 10.7. The van der Waals surface area contributed by atoms with Crippen molar-refractivity contribution in [2.75, 3.05) is 4.90 Å². The van der Waals surface area contributed by atoms with Gasteiger partial charge in [-0.25, -0.2) is 14.7 Å². The average molecular weight is 506 g/mol. The van der Waals surface area contributed by atoms with Gasteiger partial charge in [-0.1, -0.05) is 23.7 Å². The molecule has 1 N–H and O–H groups in total. The van der Waals surface area contributed by atoms with E-state index < -0.39 is 17.8 Å². The van der Waals surface area contributed by atoms with Crippen molar-refractivity contribution < 1.29 is 19.1 Å². The van der Waals surface area contributed by atoms with E-state index in [4.69, 9.17) is 16.3 Å². The zero-order valence-corrected chi connectivity index (χ0v) is 19.7. The first kappa shape index (κ1) is 21.7. The molecule has 1 aliphatic carbocycles. The smallest absolute Gasteiger partial charge is 0.338 e. The summed E-state index contributed by atoms with van der Waals surface area (Å²) in [6.45, 7) is -0.234. The monoisotopic (exact) mass is 505 g/mol. The van der Waals surface area contributed by atoms with Gasteiger partial charge in [0.15, 0.2) is 0 Å². The van der Waals surface area contributed by atoms with Crippen LogP contribution >= 0.6 is 22.9 Å². The Morgan fingerprint density at radius 2 is 1.89 bits per heavy atom.